The minimum atomic E-state index is 0.576. The van der Waals surface area contributed by atoms with Gasteiger partial charge in [0.05, 0.1) is 0 Å². The molecule has 1 aliphatic heterocycles. The smallest absolute Gasteiger partial charge is 0.0377 e. The Hall–Kier alpha value is -1.76. The van der Waals surface area contributed by atoms with Crippen molar-refractivity contribution in [2.24, 2.45) is 0 Å². The van der Waals surface area contributed by atoms with E-state index in [0.717, 1.165) is 6.42 Å². The molecule has 1 heteroatoms. The fourth-order valence-electron chi connectivity index (χ4n) is 3.42. The van der Waals surface area contributed by atoms with E-state index in [2.05, 4.69) is 67.7 Å². The third-order valence-corrected chi connectivity index (χ3v) is 4.65. The molecule has 0 fully saturated rings. The average molecular weight is 279 g/mol. The van der Waals surface area contributed by atoms with Crippen molar-refractivity contribution in [1.29, 1.82) is 0 Å². The molecule has 1 nitrogen and oxygen atoms in total. The van der Waals surface area contributed by atoms with Crippen molar-refractivity contribution in [3.8, 4) is 0 Å². The topological polar surface area (TPSA) is 12.0 Å². The zero-order chi connectivity index (χ0) is 14.7. The first-order valence-corrected chi connectivity index (χ1v) is 8.19. The Balaban J connectivity index is 1.70. The molecule has 0 aliphatic carbocycles. The van der Waals surface area contributed by atoms with E-state index in [0.29, 0.717) is 12.0 Å². The Morgan fingerprint density at radius 3 is 2.48 bits per heavy atom. The summed E-state index contributed by atoms with van der Waals surface area (Å²) < 4.78 is 0. The van der Waals surface area contributed by atoms with Crippen LogP contribution in [0, 0.1) is 0 Å². The number of aryl methyl sites for hydroxylation is 2. The number of para-hydroxylation sites is 1. The SMILES string of the molecule is CCc1ccc(CCC2CC(C)Nc3ccccc32)cc1. The molecule has 1 heterocycles. The third-order valence-electron chi connectivity index (χ3n) is 4.65. The molecule has 1 aliphatic rings. The van der Waals surface area contributed by atoms with E-state index >= 15 is 0 Å². The van der Waals surface area contributed by atoms with Crippen molar-refractivity contribution in [2.75, 3.05) is 5.32 Å². The van der Waals surface area contributed by atoms with Gasteiger partial charge in [-0.25, -0.2) is 0 Å². The molecular formula is C20H25N. The van der Waals surface area contributed by atoms with Crippen LogP contribution >= 0.6 is 0 Å². The van der Waals surface area contributed by atoms with E-state index in [4.69, 9.17) is 0 Å². The lowest BCUT2D eigenvalue weighted by Crippen LogP contribution is -2.25. The van der Waals surface area contributed by atoms with Gasteiger partial charge in [0.1, 0.15) is 0 Å². The van der Waals surface area contributed by atoms with Crippen LogP contribution in [-0.2, 0) is 12.8 Å². The molecule has 0 radical (unpaired) electrons. The predicted molar refractivity (Wildman–Crippen MR) is 91.0 cm³/mol. The summed E-state index contributed by atoms with van der Waals surface area (Å²) in [6.45, 7) is 4.50. The summed E-state index contributed by atoms with van der Waals surface area (Å²) in [6, 6.07) is 18.5. The minimum absolute atomic E-state index is 0.576. The summed E-state index contributed by atoms with van der Waals surface area (Å²) in [4.78, 5) is 0. The lowest BCUT2D eigenvalue weighted by atomic mass is 9.83. The molecule has 2 aromatic rings. The maximum absolute atomic E-state index is 3.60. The molecule has 0 amide bonds. The normalized spacial score (nSPS) is 20.7. The van der Waals surface area contributed by atoms with Crippen molar-refractivity contribution < 1.29 is 0 Å². The maximum Gasteiger partial charge on any atom is 0.0377 e. The molecule has 21 heavy (non-hydrogen) atoms. The second-order valence-electron chi connectivity index (χ2n) is 6.27. The number of hydrogen-bond donors (Lipinski definition) is 1. The Bertz CT molecular complexity index is 585. The first kappa shape index (κ1) is 14.2. The molecule has 3 rings (SSSR count). The zero-order valence-corrected chi connectivity index (χ0v) is 13.1. The summed E-state index contributed by atoms with van der Waals surface area (Å²) in [6.07, 6.45) is 4.79. The fraction of sp³-hybridized carbons (Fsp3) is 0.400. The molecule has 2 aromatic carbocycles. The van der Waals surface area contributed by atoms with Crippen molar-refractivity contribution in [3.63, 3.8) is 0 Å². The molecule has 1 N–H and O–H groups in total. The monoisotopic (exact) mass is 279 g/mol. The molecule has 0 bridgehead atoms. The number of rotatable bonds is 4. The van der Waals surface area contributed by atoms with Crippen LogP contribution in [-0.4, -0.2) is 6.04 Å². The summed E-state index contributed by atoms with van der Waals surface area (Å²) in [5, 5.41) is 3.60. The first-order chi connectivity index (χ1) is 10.3. The van der Waals surface area contributed by atoms with Crippen LogP contribution in [0.5, 0.6) is 0 Å². The Kier molecular flexibility index (Phi) is 4.28. The lowest BCUT2D eigenvalue weighted by Gasteiger charge is -2.31. The standard InChI is InChI=1S/C20H25N/c1-3-16-8-10-17(11-9-16)12-13-18-14-15(2)21-20-7-5-4-6-19(18)20/h4-11,15,18,21H,3,12-14H2,1-2H3. The third kappa shape index (κ3) is 3.29. The molecule has 0 aromatic heterocycles. The van der Waals surface area contributed by atoms with Crippen molar-refractivity contribution in [1.82, 2.24) is 0 Å². The van der Waals surface area contributed by atoms with Crippen LogP contribution in [0.4, 0.5) is 5.69 Å². The van der Waals surface area contributed by atoms with Crippen LogP contribution in [0.3, 0.4) is 0 Å². The van der Waals surface area contributed by atoms with Gasteiger partial charge < -0.3 is 5.32 Å². The highest BCUT2D eigenvalue weighted by atomic mass is 14.9. The van der Waals surface area contributed by atoms with E-state index in [1.807, 2.05) is 0 Å². The maximum atomic E-state index is 3.60. The molecule has 0 saturated heterocycles. The number of anilines is 1. The quantitative estimate of drug-likeness (QED) is 0.814. The van der Waals surface area contributed by atoms with Crippen LogP contribution in [0.2, 0.25) is 0 Å². The van der Waals surface area contributed by atoms with E-state index in [9.17, 15) is 0 Å². The Labute approximate surface area is 128 Å². The highest BCUT2D eigenvalue weighted by Gasteiger charge is 2.23. The molecule has 2 atom stereocenters. The Morgan fingerprint density at radius 2 is 1.71 bits per heavy atom. The van der Waals surface area contributed by atoms with Gasteiger partial charge in [0.2, 0.25) is 0 Å². The highest BCUT2D eigenvalue weighted by Crippen LogP contribution is 2.36. The minimum Gasteiger partial charge on any atom is -0.382 e. The van der Waals surface area contributed by atoms with Crippen LogP contribution in [0.1, 0.15) is 49.3 Å². The second-order valence-corrected chi connectivity index (χ2v) is 6.27. The van der Waals surface area contributed by atoms with E-state index in [1.54, 1.807) is 0 Å². The summed E-state index contributed by atoms with van der Waals surface area (Å²) in [7, 11) is 0. The van der Waals surface area contributed by atoms with Gasteiger partial charge in [-0.15, -0.1) is 0 Å². The molecular weight excluding hydrogens is 254 g/mol. The van der Waals surface area contributed by atoms with Gasteiger partial charge in [0.15, 0.2) is 0 Å². The van der Waals surface area contributed by atoms with Gasteiger partial charge in [0.25, 0.3) is 0 Å². The largest absolute Gasteiger partial charge is 0.382 e. The summed E-state index contributed by atoms with van der Waals surface area (Å²) in [5.41, 5.74) is 5.74. The van der Waals surface area contributed by atoms with Gasteiger partial charge in [0, 0.05) is 11.7 Å². The van der Waals surface area contributed by atoms with E-state index in [1.165, 1.54) is 41.6 Å². The fourth-order valence-corrected chi connectivity index (χ4v) is 3.42. The second kappa shape index (κ2) is 6.34. The highest BCUT2D eigenvalue weighted by molar-refractivity contribution is 5.55. The van der Waals surface area contributed by atoms with Gasteiger partial charge in [-0.2, -0.15) is 0 Å². The van der Waals surface area contributed by atoms with E-state index < -0.39 is 0 Å². The van der Waals surface area contributed by atoms with Crippen LogP contribution in [0.15, 0.2) is 48.5 Å². The van der Waals surface area contributed by atoms with Gasteiger partial charge in [-0.3, -0.25) is 0 Å². The molecule has 2 unspecified atom stereocenters. The van der Waals surface area contributed by atoms with E-state index in [-0.39, 0.29) is 0 Å². The van der Waals surface area contributed by atoms with Gasteiger partial charge in [-0.05, 0) is 61.3 Å². The molecule has 0 saturated carbocycles. The van der Waals surface area contributed by atoms with Gasteiger partial charge in [-0.1, -0.05) is 49.4 Å². The summed E-state index contributed by atoms with van der Waals surface area (Å²) in [5.74, 6) is 0.684. The zero-order valence-electron chi connectivity index (χ0n) is 13.1. The van der Waals surface area contributed by atoms with Crippen molar-refractivity contribution in [2.45, 2.75) is 51.5 Å². The van der Waals surface area contributed by atoms with Gasteiger partial charge >= 0.3 is 0 Å². The molecule has 0 spiro atoms. The van der Waals surface area contributed by atoms with Crippen LogP contribution < -0.4 is 5.32 Å². The lowest BCUT2D eigenvalue weighted by molar-refractivity contribution is 0.522. The number of benzene rings is 2. The van der Waals surface area contributed by atoms with Crippen molar-refractivity contribution in [3.05, 3.63) is 65.2 Å². The number of nitrogens with one attached hydrogen (secondary N) is 1. The Morgan fingerprint density at radius 1 is 1.00 bits per heavy atom. The average Bonchev–Trinajstić information content (AvgIpc) is 2.53. The summed E-state index contributed by atoms with van der Waals surface area (Å²) >= 11 is 0. The predicted octanol–water partition coefficient (Wildman–Crippen LogP) is 5.17. The van der Waals surface area contributed by atoms with Crippen LogP contribution in [0.25, 0.3) is 0 Å². The molecule has 110 valence electrons. The number of hydrogen-bond acceptors (Lipinski definition) is 1. The number of fused-ring (bicyclic) bond motifs is 1. The van der Waals surface area contributed by atoms with Crippen molar-refractivity contribution >= 4 is 5.69 Å². The first-order valence-electron chi connectivity index (χ1n) is 8.19.